The highest BCUT2D eigenvalue weighted by molar-refractivity contribution is 6.16. The third-order valence-corrected chi connectivity index (χ3v) is 14.4. The molecule has 0 saturated carbocycles. The highest BCUT2D eigenvalue weighted by Gasteiger charge is 2.24. The van der Waals surface area contributed by atoms with Crippen molar-refractivity contribution in [1.82, 2.24) is 49.2 Å². The van der Waals surface area contributed by atoms with Crippen molar-refractivity contribution in [3.8, 4) is 103 Å². The molecule has 5 heterocycles. The van der Waals surface area contributed by atoms with E-state index in [9.17, 15) is 0 Å². The van der Waals surface area contributed by atoms with Crippen LogP contribution in [0, 0.1) is 0 Å². The van der Waals surface area contributed by atoms with Crippen molar-refractivity contribution >= 4 is 43.6 Å². The second-order valence-corrected chi connectivity index (χ2v) is 19.2. The lowest BCUT2D eigenvalue weighted by Gasteiger charge is -2.12. The van der Waals surface area contributed by atoms with Crippen LogP contribution in [0.1, 0.15) is 0 Å². The van der Waals surface area contributed by atoms with Crippen molar-refractivity contribution in [2.24, 2.45) is 0 Å². The van der Waals surface area contributed by atoms with E-state index in [0.29, 0.717) is 46.7 Å². The van der Waals surface area contributed by atoms with Gasteiger partial charge in [-0.2, -0.15) is 0 Å². The van der Waals surface area contributed by atoms with Crippen molar-refractivity contribution in [2.75, 3.05) is 0 Å². The number of hydrogen-bond acceptors (Lipinski definition) is 9. The van der Waals surface area contributed by atoms with Crippen LogP contribution in [-0.4, -0.2) is 49.2 Å². The van der Waals surface area contributed by atoms with Crippen LogP contribution in [-0.2, 0) is 0 Å². The van der Waals surface area contributed by atoms with Crippen molar-refractivity contribution in [2.45, 2.75) is 0 Å². The summed E-state index contributed by atoms with van der Waals surface area (Å²) in [6.07, 6.45) is 0. The number of hydrogen-bond donors (Lipinski definition) is 0. The Kier molecular flexibility index (Phi) is 10.9. The summed E-state index contributed by atoms with van der Waals surface area (Å²) in [7, 11) is 0. The summed E-state index contributed by atoms with van der Waals surface area (Å²) in [5.74, 6) is 4.36. The minimum atomic E-state index is 0.397. The van der Waals surface area contributed by atoms with Gasteiger partial charge in [0.2, 0.25) is 11.8 Å². The molecule has 370 valence electrons. The summed E-state index contributed by atoms with van der Waals surface area (Å²) in [6, 6.07) is 86.3. The van der Waals surface area contributed by atoms with Crippen LogP contribution in [0.25, 0.3) is 146 Å². The molecule has 0 unspecified atom stereocenters. The molecule has 0 spiro atoms. The zero-order valence-corrected chi connectivity index (χ0v) is 42.1. The topological polar surface area (TPSA) is 126 Å². The lowest BCUT2D eigenvalue weighted by Crippen LogP contribution is -2.01. The van der Waals surface area contributed by atoms with Crippen LogP contribution in [0.2, 0.25) is 0 Å². The van der Waals surface area contributed by atoms with Gasteiger partial charge in [-0.3, -0.25) is 0 Å². The Morgan fingerprint density at radius 1 is 0.266 bits per heavy atom. The fraction of sp³-hybridized carbons (Fsp3) is 0. The van der Waals surface area contributed by atoms with Crippen LogP contribution in [0.5, 0.6) is 0 Å². The molecule has 0 radical (unpaired) electrons. The predicted molar refractivity (Wildman–Crippen MR) is 313 cm³/mol. The molecule has 0 amide bonds. The van der Waals surface area contributed by atoms with Gasteiger partial charge in [0.25, 0.3) is 0 Å². The van der Waals surface area contributed by atoms with E-state index >= 15 is 0 Å². The molecule has 0 saturated heterocycles. The molecule has 11 nitrogen and oxygen atoms in total. The maximum Gasteiger partial charge on any atom is 0.250 e. The minimum Gasteiger partial charge on any atom is -0.416 e. The lowest BCUT2D eigenvalue weighted by molar-refractivity contribution is 0.585. The molecule has 10 aromatic carbocycles. The molecule has 5 aromatic heterocycles. The molecule has 0 N–H and O–H groups in total. The van der Waals surface area contributed by atoms with Gasteiger partial charge >= 0.3 is 0 Å². The van der Waals surface area contributed by atoms with Crippen molar-refractivity contribution in [1.29, 1.82) is 0 Å². The Hall–Kier alpha value is -11.0. The lowest BCUT2D eigenvalue weighted by atomic mass is 10.1. The molecule has 79 heavy (non-hydrogen) atoms. The molecular formula is C68H42N10O. The third-order valence-electron chi connectivity index (χ3n) is 14.4. The first kappa shape index (κ1) is 45.4. The third kappa shape index (κ3) is 8.00. The van der Waals surface area contributed by atoms with Gasteiger partial charge < -0.3 is 13.6 Å². The fourth-order valence-electron chi connectivity index (χ4n) is 10.8. The van der Waals surface area contributed by atoms with Gasteiger partial charge in [-0.05, 0) is 54.6 Å². The zero-order chi connectivity index (χ0) is 52.2. The number of para-hydroxylation sites is 3. The average Bonchev–Trinajstić information content (AvgIpc) is 4.42. The first-order valence-electron chi connectivity index (χ1n) is 26.0. The second kappa shape index (κ2) is 19.0. The summed E-state index contributed by atoms with van der Waals surface area (Å²) < 4.78 is 11.5. The minimum absolute atomic E-state index is 0.397. The fourth-order valence-corrected chi connectivity index (χ4v) is 10.8. The van der Waals surface area contributed by atoms with E-state index in [1.807, 2.05) is 127 Å². The molecule has 0 fully saturated rings. The van der Waals surface area contributed by atoms with Crippen molar-refractivity contribution in [3.63, 3.8) is 0 Å². The maximum absolute atomic E-state index is 6.90. The smallest absolute Gasteiger partial charge is 0.250 e. The molecular weight excluding hydrogens is 973 g/mol. The molecule has 0 atom stereocenters. The molecule has 11 heteroatoms. The Morgan fingerprint density at radius 3 is 1.14 bits per heavy atom. The highest BCUT2D eigenvalue weighted by atomic mass is 16.4. The van der Waals surface area contributed by atoms with Crippen LogP contribution in [0.3, 0.4) is 0 Å². The summed E-state index contributed by atoms with van der Waals surface area (Å²) in [5.41, 5.74) is 12.8. The van der Waals surface area contributed by atoms with Crippen LogP contribution < -0.4 is 0 Å². The van der Waals surface area contributed by atoms with Crippen LogP contribution >= 0.6 is 0 Å². The van der Waals surface area contributed by atoms with Gasteiger partial charge in [-0.15, -0.1) is 10.2 Å². The van der Waals surface area contributed by atoms with E-state index in [2.05, 4.69) is 137 Å². The Bertz CT molecular complexity index is 4670. The summed E-state index contributed by atoms with van der Waals surface area (Å²) >= 11 is 0. The van der Waals surface area contributed by atoms with Gasteiger partial charge in [0.05, 0.1) is 27.6 Å². The van der Waals surface area contributed by atoms with E-state index in [0.717, 1.165) is 99.5 Å². The molecule has 0 aliphatic rings. The number of aromatic nitrogens is 10. The normalized spacial score (nSPS) is 11.5. The van der Waals surface area contributed by atoms with Crippen LogP contribution in [0.4, 0.5) is 0 Å². The zero-order valence-electron chi connectivity index (χ0n) is 42.1. The maximum atomic E-state index is 6.90. The van der Waals surface area contributed by atoms with Crippen LogP contribution in [0.15, 0.2) is 259 Å². The SMILES string of the molecule is c1ccc(-c2nc(-c3ccccc3)nc(-c3cccc(-n4c5ccccc5c5c(-c6nnc(-c7cccc8c9ccccc9n(-c9cccc(-c%10nc(-c%11ccccc%11)nc(-c%11ccccc%11)n%10)c9)c78)o6)cccc54)c3)n2)cc1. The number of rotatable bonds is 10. The van der Waals surface area contributed by atoms with E-state index in [1.54, 1.807) is 0 Å². The van der Waals surface area contributed by atoms with Crippen molar-refractivity contribution in [3.05, 3.63) is 255 Å². The van der Waals surface area contributed by atoms with Gasteiger partial charge in [0.1, 0.15) is 0 Å². The summed E-state index contributed by atoms with van der Waals surface area (Å²) in [5, 5.41) is 13.8. The quantitative estimate of drug-likeness (QED) is 0.132. The number of fused-ring (bicyclic) bond motifs is 6. The van der Waals surface area contributed by atoms with E-state index in [4.69, 9.17) is 44.5 Å². The summed E-state index contributed by atoms with van der Waals surface area (Å²) in [4.78, 5) is 30.1. The Morgan fingerprint density at radius 2 is 0.620 bits per heavy atom. The van der Waals surface area contributed by atoms with Gasteiger partial charge in [0, 0.05) is 71.9 Å². The molecule has 15 aromatic rings. The first-order chi connectivity index (χ1) is 39.2. The van der Waals surface area contributed by atoms with E-state index in [-0.39, 0.29) is 0 Å². The number of benzene rings is 10. The van der Waals surface area contributed by atoms with Gasteiger partial charge in [-0.1, -0.05) is 200 Å². The largest absolute Gasteiger partial charge is 0.416 e. The molecule has 0 aliphatic carbocycles. The average molecular weight is 1020 g/mol. The Labute approximate surface area is 452 Å². The summed E-state index contributed by atoms with van der Waals surface area (Å²) in [6.45, 7) is 0. The second-order valence-electron chi connectivity index (χ2n) is 19.2. The predicted octanol–water partition coefficient (Wildman–Crippen LogP) is 16.0. The van der Waals surface area contributed by atoms with Gasteiger partial charge in [-0.25, -0.2) is 29.9 Å². The van der Waals surface area contributed by atoms with Gasteiger partial charge in [0.15, 0.2) is 34.9 Å². The van der Waals surface area contributed by atoms with E-state index < -0.39 is 0 Å². The Balaban J connectivity index is 0.846. The van der Waals surface area contributed by atoms with Crippen molar-refractivity contribution < 1.29 is 4.42 Å². The standard InChI is InChI=1S/C68H42N10O/c1-5-21-43(22-6-1)61-69-62(44-23-7-2-8-24-44)72-65(71-61)47-29-17-31-49(41-47)77-57-39-16-14-34-53(57)59-54(36-20-40-58(59)77)67-75-76-68(79-67)55-37-19-35-52-51-33-13-15-38-56(51)78(60(52)55)50-32-18-30-48(42-50)66-73-63(45-25-9-3-10-26-45)70-64(74-66)46-27-11-4-12-28-46/h1-42H. The van der Waals surface area contributed by atoms with E-state index in [1.165, 1.54) is 0 Å². The first-order valence-corrected chi connectivity index (χ1v) is 26.0. The highest BCUT2D eigenvalue weighted by Crippen LogP contribution is 2.42. The molecule has 15 rings (SSSR count). The molecule has 0 bridgehead atoms. The monoisotopic (exact) mass is 1010 g/mol. The number of nitrogens with zero attached hydrogens (tertiary/aromatic N) is 10. The molecule has 0 aliphatic heterocycles.